The van der Waals surface area contributed by atoms with Crippen LogP contribution in [0, 0.1) is 0 Å². The maximum absolute atomic E-state index is 11.6. The molecule has 1 atom stereocenters. The molecule has 1 heterocycles. The predicted octanol–water partition coefficient (Wildman–Crippen LogP) is 1.56. The number of ketones is 2. The third kappa shape index (κ3) is 1.90. The largest absolute Gasteiger partial charge is 0.368 e. The van der Waals surface area contributed by atoms with Gasteiger partial charge in [-0.25, -0.2) is 0 Å². The van der Waals surface area contributed by atoms with Crippen molar-refractivity contribution in [2.45, 2.75) is 25.9 Å². The van der Waals surface area contributed by atoms with Crippen molar-refractivity contribution in [2.24, 2.45) is 0 Å². The number of ether oxygens (including phenoxy) is 1. The lowest BCUT2D eigenvalue weighted by Gasteiger charge is -2.27. The van der Waals surface area contributed by atoms with Crippen LogP contribution in [-0.2, 0) is 14.3 Å². The predicted molar refractivity (Wildman–Crippen MR) is 63.4 cm³/mol. The Morgan fingerprint density at radius 3 is 2.62 bits per heavy atom. The molecule has 0 saturated carbocycles. The summed E-state index contributed by atoms with van der Waals surface area (Å²) in [6.07, 6.45) is 3.64. The van der Waals surface area contributed by atoms with Gasteiger partial charge in [0, 0.05) is 22.4 Å². The van der Waals surface area contributed by atoms with E-state index in [0.29, 0.717) is 17.6 Å². The zero-order valence-electron chi connectivity index (χ0n) is 8.99. The van der Waals surface area contributed by atoms with Crippen LogP contribution in [0.4, 0.5) is 0 Å². The maximum Gasteiger partial charge on any atom is 0.184 e. The first-order valence-corrected chi connectivity index (χ1v) is 5.67. The molecule has 0 amide bonds. The minimum atomic E-state index is -0.193. The number of rotatable bonds is 2. The van der Waals surface area contributed by atoms with Crippen molar-refractivity contribution >= 4 is 28.6 Å². The van der Waals surface area contributed by atoms with Gasteiger partial charge < -0.3 is 4.74 Å². The average molecular weight is 236 g/mol. The Labute approximate surface area is 99.2 Å². The molecule has 0 aromatic rings. The van der Waals surface area contributed by atoms with E-state index in [1.54, 1.807) is 0 Å². The molecule has 0 saturated heterocycles. The van der Waals surface area contributed by atoms with Gasteiger partial charge in [-0.2, -0.15) is 0 Å². The van der Waals surface area contributed by atoms with Gasteiger partial charge in [-0.05, 0) is 18.6 Å². The van der Waals surface area contributed by atoms with Crippen molar-refractivity contribution < 1.29 is 14.3 Å². The Balaban J connectivity index is 2.25. The molecule has 0 bridgehead atoms. The zero-order valence-corrected chi connectivity index (χ0v) is 9.80. The van der Waals surface area contributed by atoms with Gasteiger partial charge in [0.1, 0.15) is 0 Å². The molecule has 0 spiro atoms. The molecule has 0 fully saturated rings. The van der Waals surface area contributed by atoms with Crippen LogP contribution in [0.15, 0.2) is 23.3 Å². The molecule has 1 aliphatic heterocycles. The van der Waals surface area contributed by atoms with E-state index >= 15 is 0 Å². The summed E-state index contributed by atoms with van der Waals surface area (Å²) in [7, 11) is 0. The second-order valence-electron chi connectivity index (χ2n) is 3.84. The average Bonchev–Trinajstić information content (AvgIpc) is 2.32. The topological polar surface area (TPSA) is 43.4 Å². The van der Waals surface area contributed by atoms with Gasteiger partial charge in [0.25, 0.3) is 0 Å². The lowest BCUT2D eigenvalue weighted by Crippen LogP contribution is -2.33. The third-order valence-electron chi connectivity index (χ3n) is 2.87. The van der Waals surface area contributed by atoms with Crippen molar-refractivity contribution in [1.29, 1.82) is 0 Å². The number of hydrogen-bond acceptors (Lipinski definition) is 4. The summed E-state index contributed by atoms with van der Waals surface area (Å²) in [4.78, 5) is 24.0. The minimum Gasteiger partial charge on any atom is -0.368 e. The van der Waals surface area contributed by atoms with E-state index in [0.717, 1.165) is 11.3 Å². The molecule has 16 heavy (non-hydrogen) atoms. The van der Waals surface area contributed by atoms with Crippen LogP contribution in [0.25, 0.3) is 0 Å². The van der Waals surface area contributed by atoms with Crippen LogP contribution in [0.1, 0.15) is 19.8 Å². The van der Waals surface area contributed by atoms with Gasteiger partial charge in [0.05, 0.1) is 12.7 Å². The SMILES string of the molecule is CCC(=S)C1CC2=C(CO1)C(=O)C=CC2=O. The highest BCUT2D eigenvalue weighted by molar-refractivity contribution is 7.80. The Bertz CT molecular complexity index is 432. The Kier molecular flexibility index (Phi) is 3.12. The lowest BCUT2D eigenvalue weighted by atomic mass is 9.88. The molecule has 0 N–H and O–H groups in total. The first-order valence-electron chi connectivity index (χ1n) is 5.26. The summed E-state index contributed by atoms with van der Waals surface area (Å²) in [5.41, 5.74) is 1.09. The molecular formula is C12H12O3S. The van der Waals surface area contributed by atoms with Crippen molar-refractivity contribution in [2.75, 3.05) is 6.61 Å². The summed E-state index contributed by atoms with van der Waals surface area (Å²) in [6, 6.07) is 0. The van der Waals surface area contributed by atoms with Gasteiger partial charge in [0.2, 0.25) is 0 Å². The molecule has 2 aliphatic rings. The highest BCUT2D eigenvalue weighted by Crippen LogP contribution is 2.26. The van der Waals surface area contributed by atoms with Crippen molar-refractivity contribution in [1.82, 2.24) is 0 Å². The summed E-state index contributed by atoms with van der Waals surface area (Å²) >= 11 is 5.18. The summed E-state index contributed by atoms with van der Waals surface area (Å²) < 4.78 is 5.51. The Hall–Kier alpha value is -1.13. The van der Waals surface area contributed by atoms with Crippen LogP contribution >= 0.6 is 12.2 Å². The summed E-state index contributed by atoms with van der Waals surface area (Å²) in [5.74, 6) is -0.197. The number of carbonyl (C=O) groups is 2. The molecule has 84 valence electrons. The van der Waals surface area contributed by atoms with Crippen LogP contribution in [-0.4, -0.2) is 29.1 Å². The van der Waals surface area contributed by atoms with E-state index in [1.165, 1.54) is 12.2 Å². The van der Waals surface area contributed by atoms with E-state index in [4.69, 9.17) is 17.0 Å². The standard InChI is InChI=1S/C12H12O3S/c1-2-12(16)11-5-7-8(6-15-11)10(14)4-3-9(7)13/h3-4,11H,2,5-6H2,1H3. The van der Waals surface area contributed by atoms with E-state index in [-0.39, 0.29) is 24.3 Å². The van der Waals surface area contributed by atoms with Crippen LogP contribution < -0.4 is 0 Å². The van der Waals surface area contributed by atoms with Gasteiger partial charge in [-0.1, -0.05) is 19.1 Å². The third-order valence-corrected chi connectivity index (χ3v) is 3.42. The normalized spacial score (nSPS) is 24.7. The number of carbonyl (C=O) groups excluding carboxylic acids is 2. The Morgan fingerprint density at radius 2 is 2.00 bits per heavy atom. The summed E-state index contributed by atoms with van der Waals surface area (Å²) in [6.45, 7) is 2.17. The molecular weight excluding hydrogens is 224 g/mol. The molecule has 0 aromatic heterocycles. The van der Waals surface area contributed by atoms with E-state index < -0.39 is 0 Å². The summed E-state index contributed by atoms with van der Waals surface area (Å²) in [5, 5.41) is 0. The van der Waals surface area contributed by atoms with E-state index in [2.05, 4.69) is 0 Å². The number of allylic oxidation sites excluding steroid dienone is 2. The molecule has 0 aromatic carbocycles. The second kappa shape index (κ2) is 4.39. The zero-order chi connectivity index (χ0) is 11.7. The van der Waals surface area contributed by atoms with Crippen LogP contribution in [0.2, 0.25) is 0 Å². The van der Waals surface area contributed by atoms with Gasteiger partial charge in [-0.15, -0.1) is 0 Å². The fourth-order valence-corrected chi connectivity index (χ4v) is 2.05. The Morgan fingerprint density at radius 1 is 1.38 bits per heavy atom. The monoisotopic (exact) mass is 236 g/mol. The lowest BCUT2D eigenvalue weighted by molar-refractivity contribution is -0.116. The smallest absolute Gasteiger partial charge is 0.184 e. The van der Waals surface area contributed by atoms with Gasteiger partial charge in [0.15, 0.2) is 11.6 Å². The van der Waals surface area contributed by atoms with Crippen molar-refractivity contribution in [3.05, 3.63) is 23.3 Å². The molecule has 1 unspecified atom stereocenters. The van der Waals surface area contributed by atoms with E-state index in [1.807, 2.05) is 6.92 Å². The fourth-order valence-electron chi connectivity index (χ4n) is 1.89. The second-order valence-corrected chi connectivity index (χ2v) is 4.37. The molecule has 2 rings (SSSR count). The molecule has 1 aliphatic carbocycles. The molecule has 4 heteroatoms. The van der Waals surface area contributed by atoms with Gasteiger partial charge in [-0.3, -0.25) is 9.59 Å². The molecule has 3 nitrogen and oxygen atoms in total. The first-order chi connectivity index (χ1) is 7.63. The molecule has 0 radical (unpaired) electrons. The number of hydrogen-bond donors (Lipinski definition) is 0. The quantitative estimate of drug-likeness (QED) is 0.539. The van der Waals surface area contributed by atoms with Crippen LogP contribution in [0.3, 0.4) is 0 Å². The number of thiocarbonyl (C=S) groups is 1. The van der Waals surface area contributed by atoms with Crippen molar-refractivity contribution in [3.8, 4) is 0 Å². The maximum atomic E-state index is 11.6. The van der Waals surface area contributed by atoms with Crippen molar-refractivity contribution in [3.63, 3.8) is 0 Å². The first kappa shape index (κ1) is 11.4. The highest BCUT2D eigenvalue weighted by atomic mass is 32.1. The van der Waals surface area contributed by atoms with Gasteiger partial charge >= 0.3 is 0 Å². The fraction of sp³-hybridized carbons (Fsp3) is 0.417. The highest BCUT2D eigenvalue weighted by Gasteiger charge is 2.31. The van der Waals surface area contributed by atoms with E-state index in [9.17, 15) is 9.59 Å². The van der Waals surface area contributed by atoms with Crippen LogP contribution in [0.5, 0.6) is 0 Å². The minimum absolute atomic E-state index is 0.0817.